The molecule has 0 spiro atoms. The number of aryl methyl sites for hydroxylation is 2. The molecule has 2 N–H and O–H groups in total. The van der Waals surface area contributed by atoms with E-state index < -0.39 is 0 Å². The van der Waals surface area contributed by atoms with Crippen LogP contribution in [0.15, 0.2) is 32.5 Å². The van der Waals surface area contributed by atoms with Crippen LogP contribution >= 0.6 is 43.2 Å². The minimum absolute atomic E-state index is 0.0565. The standard InChI is InChI=1S/C14H15Br2NS/c1-8-5-10(6-9(2)14(8)16)12(17)7-11-3-4-13(15)18-11/h3-6,12H,7,17H2,1-2H3. The van der Waals surface area contributed by atoms with Gasteiger partial charge in [-0.2, -0.15) is 0 Å². The molecule has 0 aliphatic carbocycles. The van der Waals surface area contributed by atoms with Crippen molar-refractivity contribution in [2.75, 3.05) is 0 Å². The number of halogens is 2. The first kappa shape index (κ1) is 14.3. The molecule has 1 unspecified atom stereocenters. The van der Waals surface area contributed by atoms with Crippen LogP contribution in [0.4, 0.5) is 0 Å². The maximum Gasteiger partial charge on any atom is 0.0701 e. The summed E-state index contributed by atoms with van der Waals surface area (Å²) in [6, 6.07) is 8.60. The molecule has 0 amide bonds. The quantitative estimate of drug-likeness (QED) is 0.774. The van der Waals surface area contributed by atoms with Crippen LogP contribution in [-0.4, -0.2) is 0 Å². The zero-order valence-corrected chi connectivity index (χ0v) is 14.3. The van der Waals surface area contributed by atoms with E-state index in [1.807, 2.05) is 0 Å². The number of hydrogen-bond donors (Lipinski definition) is 1. The Kier molecular flexibility index (Phi) is 4.64. The van der Waals surface area contributed by atoms with Crippen LogP contribution in [0, 0.1) is 13.8 Å². The molecule has 1 aromatic carbocycles. The molecule has 1 atom stereocenters. The van der Waals surface area contributed by atoms with Gasteiger partial charge in [0.1, 0.15) is 0 Å². The lowest BCUT2D eigenvalue weighted by atomic mass is 9.99. The summed E-state index contributed by atoms with van der Waals surface area (Å²) in [6.07, 6.45) is 0.886. The maximum atomic E-state index is 6.30. The lowest BCUT2D eigenvalue weighted by molar-refractivity contribution is 0.728. The Balaban J connectivity index is 2.21. The summed E-state index contributed by atoms with van der Waals surface area (Å²) >= 11 is 8.82. The van der Waals surface area contributed by atoms with Gasteiger partial charge in [0.2, 0.25) is 0 Å². The lowest BCUT2D eigenvalue weighted by Crippen LogP contribution is -2.13. The van der Waals surface area contributed by atoms with Gasteiger partial charge in [-0.15, -0.1) is 11.3 Å². The topological polar surface area (TPSA) is 26.0 Å². The van der Waals surface area contributed by atoms with Gasteiger partial charge in [-0.05, 0) is 58.6 Å². The average molecular weight is 389 g/mol. The van der Waals surface area contributed by atoms with E-state index in [0.717, 1.165) is 10.2 Å². The van der Waals surface area contributed by atoms with Gasteiger partial charge in [0.25, 0.3) is 0 Å². The third-order valence-electron chi connectivity index (χ3n) is 2.94. The summed E-state index contributed by atoms with van der Waals surface area (Å²) in [5, 5.41) is 0. The van der Waals surface area contributed by atoms with E-state index in [1.54, 1.807) is 11.3 Å². The minimum atomic E-state index is 0.0565. The average Bonchev–Trinajstić information content (AvgIpc) is 2.71. The fourth-order valence-corrected chi connectivity index (χ4v) is 3.76. The van der Waals surface area contributed by atoms with Gasteiger partial charge in [-0.25, -0.2) is 0 Å². The van der Waals surface area contributed by atoms with Crippen LogP contribution in [0.5, 0.6) is 0 Å². The van der Waals surface area contributed by atoms with Gasteiger partial charge in [0.15, 0.2) is 0 Å². The predicted octanol–water partition coefficient (Wildman–Crippen LogP) is 5.13. The summed E-state index contributed by atoms with van der Waals surface area (Å²) in [7, 11) is 0. The molecular weight excluding hydrogens is 374 g/mol. The molecule has 1 aromatic heterocycles. The zero-order chi connectivity index (χ0) is 13.3. The highest BCUT2D eigenvalue weighted by molar-refractivity contribution is 9.11. The largest absolute Gasteiger partial charge is 0.324 e. The van der Waals surface area contributed by atoms with Crippen LogP contribution in [0.2, 0.25) is 0 Å². The third kappa shape index (κ3) is 3.23. The molecule has 0 radical (unpaired) electrons. The molecule has 96 valence electrons. The molecule has 0 fully saturated rings. The minimum Gasteiger partial charge on any atom is -0.324 e. The van der Waals surface area contributed by atoms with Gasteiger partial charge in [0, 0.05) is 21.8 Å². The molecule has 2 rings (SSSR count). The van der Waals surface area contributed by atoms with Crippen LogP contribution < -0.4 is 5.73 Å². The van der Waals surface area contributed by atoms with Crippen LogP contribution in [0.3, 0.4) is 0 Å². The summed E-state index contributed by atoms with van der Waals surface area (Å²) in [5.74, 6) is 0. The van der Waals surface area contributed by atoms with E-state index in [-0.39, 0.29) is 6.04 Å². The van der Waals surface area contributed by atoms with Gasteiger partial charge in [0.05, 0.1) is 3.79 Å². The monoisotopic (exact) mass is 387 g/mol. The van der Waals surface area contributed by atoms with Crippen molar-refractivity contribution in [1.82, 2.24) is 0 Å². The normalized spacial score (nSPS) is 12.7. The maximum absolute atomic E-state index is 6.30. The fraction of sp³-hybridized carbons (Fsp3) is 0.286. The summed E-state index contributed by atoms with van der Waals surface area (Å²) in [6.45, 7) is 4.21. The Morgan fingerprint density at radius 1 is 1.17 bits per heavy atom. The second-order valence-corrected chi connectivity index (χ2v) is 7.83. The first-order chi connectivity index (χ1) is 8.47. The number of thiophene rings is 1. The van der Waals surface area contributed by atoms with Crippen LogP contribution in [0.1, 0.15) is 27.6 Å². The molecule has 1 nitrogen and oxygen atoms in total. The molecule has 1 heterocycles. The smallest absolute Gasteiger partial charge is 0.0701 e. The third-order valence-corrected chi connectivity index (χ3v) is 5.83. The predicted molar refractivity (Wildman–Crippen MR) is 86.3 cm³/mol. The molecule has 0 aliphatic rings. The van der Waals surface area contributed by atoms with E-state index in [2.05, 4.69) is 70.0 Å². The number of rotatable bonds is 3. The van der Waals surface area contributed by atoms with Crippen molar-refractivity contribution in [3.8, 4) is 0 Å². The lowest BCUT2D eigenvalue weighted by Gasteiger charge is -2.14. The van der Waals surface area contributed by atoms with Crippen LogP contribution in [0.25, 0.3) is 0 Å². The molecule has 0 saturated heterocycles. The number of hydrogen-bond acceptors (Lipinski definition) is 2. The van der Waals surface area contributed by atoms with Crippen molar-refractivity contribution < 1.29 is 0 Å². The van der Waals surface area contributed by atoms with Crippen molar-refractivity contribution in [2.45, 2.75) is 26.3 Å². The van der Waals surface area contributed by atoms with E-state index in [1.165, 1.54) is 26.0 Å². The SMILES string of the molecule is Cc1cc(C(N)Cc2ccc(Br)s2)cc(C)c1Br. The molecule has 18 heavy (non-hydrogen) atoms. The summed E-state index contributed by atoms with van der Waals surface area (Å²) in [5.41, 5.74) is 9.99. The van der Waals surface area contributed by atoms with Crippen molar-refractivity contribution in [3.05, 3.63) is 54.1 Å². The van der Waals surface area contributed by atoms with Gasteiger partial charge >= 0.3 is 0 Å². The zero-order valence-electron chi connectivity index (χ0n) is 10.3. The second-order valence-electron chi connectivity index (χ2n) is 4.49. The van der Waals surface area contributed by atoms with Gasteiger partial charge in [-0.1, -0.05) is 28.1 Å². The van der Waals surface area contributed by atoms with Crippen molar-refractivity contribution in [1.29, 1.82) is 0 Å². The Labute approximate surface area is 129 Å². The molecule has 4 heteroatoms. The van der Waals surface area contributed by atoms with Gasteiger partial charge < -0.3 is 5.73 Å². The highest BCUT2D eigenvalue weighted by atomic mass is 79.9. The first-order valence-corrected chi connectivity index (χ1v) is 8.14. The molecule has 2 aromatic rings. The highest BCUT2D eigenvalue weighted by Gasteiger charge is 2.11. The molecular formula is C14H15Br2NS. The second kappa shape index (κ2) is 5.87. The Hall–Kier alpha value is -0.160. The van der Waals surface area contributed by atoms with E-state index in [0.29, 0.717) is 0 Å². The highest BCUT2D eigenvalue weighted by Crippen LogP contribution is 2.29. The number of benzene rings is 1. The van der Waals surface area contributed by atoms with Crippen molar-refractivity contribution in [3.63, 3.8) is 0 Å². The van der Waals surface area contributed by atoms with E-state index in [9.17, 15) is 0 Å². The van der Waals surface area contributed by atoms with E-state index >= 15 is 0 Å². The fourth-order valence-electron chi connectivity index (χ4n) is 1.99. The first-order valence-electron chi connectivity index (χ1n) is 5.74. The number of nitrogens with two attached hydrogens (primary N) is 1. The Morgan fingerprint density at radius 2 is 1.78 bits per heavy atom. The van der Waals surface area contributed by atoms with Crippen molar-refractivity contribution in [2.24, 2.45) is 5.73 Å². The Bertz CT molecular complexity index is 540. The Morgan fingerprint density at radius 3 is 2.28 bits per heavy atom. The van der Waals surface area contributed by atoms with Gasteiger partial charge in [-0.3, -0.25) is 0 Å². The van der Waals surface area contributed by atoms with Crippen LogP contribution in [-0.2, 0) is 6.42 Å². The summed E-state index contributed by atoms with van der Waals surface area (Å²) < 4.78 is 2.34. The molecule has 0 aliphatic heterocycles. The summed E-state index contributed by atoms with van der Waals surface area (Å²) in [4.78, 5) is 1.31. The molecule has 0 saturated carbocycles. The molecule has 0 bridgehead atoms. The van der Waals surface area contributed by atoms with Crippen molar-refractivity contribution >= 4 is 43.2 Å². The van der Waals surface area contributed by atoms with E-state index in [4.69, 9.17) is 5.73 Å².